The normalized spacial score (nSPS) is 12.4. The second-order valence-electron chi connectivity index (χ2n) is 5.44. The number of rotatable bonds is 4. The molecule has 1 N–H and O–H groups in total. The van der Waals surface area contributed by atoms with Gasteiger partial charge in [-0.25, -0.2) is 0 Å². The minimum atomic E-state index is -4.44. The van der Waals surface area contributed by atoms with Gasteiger partial charge in [0.2, 0.25) is 0 Å². The molecule has 0 heterocycles. The summed E-state index contributed by atoms with van der Waals surface area (Å²) in [5, 5.41) is 2.64. The molecule has 1 unspecified atom stereocenters. The fourth-order valence-electron chi connectivity index (χ4n) is 2.19. The molecule has 4 nitrogen and oxygen atoms in total. The van der Waals surface area contributed by atoms with Crippen LogP contribution in [-0.2, 0) is 11.0 Å². The van der Waals surface area contributed by atoms with Crippen LogP contribution in [0.3, 0.4) is 0 Å². The lowest BCUT2D eigenvalue weighted by molar-refractivity contribution is -0.137. The summed E-state index contributed by atoms with van der Waals surface area (Å²) in [6.07, 6.45) is -4.44. The maximum absolute atomic E-state index is 12.8. The molecular weight excluding hydrogens is 335 g/mol. The quantitative estimate of drug-likeness (QED) is 0.666. The van der Waals surface area contributed by atoms with E-state index in [2.05, 4.69) is 5.32 Å². The Kier molecular flexibility index (Phi) is 5.46. The third kappa shape index (κ3) is 5.07. The van der Waals surface area contributed by atoms with Gasteiger partial charge in [0.25, 0.3) is 5.91 Å². The third-order valence-electron chi connectivity index (χ3n) is 3.44. The molecule has 2 aromatic rings. The Morgan fingerprint density at radius 2 is 1.72 bits per heavy atom. The smallest absolute Gasteiger partial charge is 0.416 e. The molecule has 2 aromatic carbocycles. The van der Waals surface area contributed by atoms with Crippen molar-refractivity contribution < 1.29 is 27.5 Å². The number of amides is 1. The van der Waals surface area contributed by atoms with Gasteiger partial charge < -0.3 is 10.1 Å². The highest BCUT2D eigenvalue weighted by atomic mass is 19.4. The monoisotopic (exact) mass is 351 g/mol. The maximum atomic E-state index is 12.8. The molecule has 0 saturated heterocycles. The Labute approximate surface area is 142 Å². The van der Waals surface area contributed by atoms with Crippen LogP contribution in [0.4, 0.5) is 13.2 Å². The van der Waals surface area contributed by atoms with Crippen molar-refractivity contribution in [2.75, 3.05) is 0 Å². The first-order chi connectivity index (χ1) is 11.7. The molecule has 132 valence electrons. The average Bonchev–Trinajstić information content (AvgIpc) is 2.54. The van der Waals surface area contributed by atoms with Gasteiger partial charge in [-0.1, -0.05) is 12.1 Å². The molecule has 0 aliphatic heterocycles. The highest BCUT2D eigenvalue weighted by molar-refractivity contribution is 5.94. The number of carbonyl (C=O) groups is 2. The Morgan fingerprint density at radius 3 is 2.28 bits per heavy atom. The number of hydrogen-bond donors (Lipinski definition) is 1. The van der Waals surface area contributed by atoms with Gasteiger partial charge in [0.05, 0.1) is 11.6 Å². The van der Waals surface area contributed by atoms with E-state index in [9.17, 15) is 22.8 Å². The van der Waals surface area contributed by atoms with E-state index < -0.39 is 29.7 Å². The van der Waals surface area contributed by atoms with Crippen molar-refractivity contribution in [2.45, 2.75) is 26.1 Å². The first kappa shape index (κ1) is 18.5. The SMILES string of the molecule is CC(=O)Oc1ccc(C(=O)NC(C)c2cccc(C(F)(F)F)c2)cc1. The lowest BCUT2D eigenvalue weighted by Crippen LogP contribution is -2.26. The van der Waals surface area contributed by atoms with E-state index in [-0.39, 0.29) is 0 Å². The zero-order valence-electron chi connectivity index (χ0n) is 13.6. The summed E-state index contributed by atoms with van der Waals surface area (Å²) in [7, 11) is 0. The van der Waals surface area contributed by atoms with E-state index in [0.717, 1.165) is 12.1 Å². The lowest BCUT2D eigenvalue weighted by Gasteiger charge is -2.16. The van der Waals surface area contributed by atoms with Crippen molar-refractivity contribution in [3.63, 3.8) is 0 Å². The van der Waals surface area contributed by atoms with Crippen molar-refractivity contribution in [1.29, 1.82) is 0 Å². The van der Waals surface area contributed by atoms with Gasteiger partial charge in [-0.15, -0.1) is 0 Å². The molecule has 0 aliphatic rings. The number of ether oxygens (including phenoxy) is 1. The van der Waals surface area contributed by atoms with Crippen LogP contribution < -0.4 is 10.1 Å². The molecule has 0 aliphatic carbocycles. The highest BCUT2D eigenvalue weighted by Crippen LogP contribution is 2.30. The van der Waals surface area contributed by atoms with E-state index in [4.69, 9.17) is 4.74 Å². The Balaban J connectivity index is 2.08. The molecule has 7 heteroatoms. The van der Waals surface area contributed by atoms with Crippen molar-refractivity contribution in [2.24, 2.45) is 0 Å². The van der Waals surface area contributed by atoms with Crippen LogP contribution in [0.2, 0.25) is 0 Å². The number of benzene rings is 2. The zero-order valence-corrected chi connectivity index (χ0v) is 13.6. The number of esters is 1. The summed E-state index contributed by atoms with van der Waals surface area (Å²) < 4.78 is 43.2. The minimum absolute atomic E-state index is 0.301. The number of alkyl halides is 3. The summed E-state index contributed by atoms with van der Waals surface area (Å²) >= 11 is 0. The molecule has 0 saturated carbocycles. The molecule has 0 fully saturated rings. The predicted molar refractivity (Wildman–Crippen MR) is 85.1 cm³/mol. The maximum Gasteiger partial charge on any atom is 0.416 e. The molecule has 1 atom stereocenters. The Hall–Kier alpha value is -2.83. The van der Waals surface area contributed by atoms with Crippen molar-refractivity contribution in [1.82, 2.24) is 5.32 Å². The first-order valence-corrected chi connectivity index (χ1v) is 7.43. The van der Waals surface area contributed by atoms with Crippen LogP contribution >= 0.6 is 0 Å². The zero-order chi connectivity index (χ0) is 18.6. The fourth-order valence-corrected chi connectivity index (χ4v) is 2.19. The fraction of sp³-hybridized carbons (Fsp3) is 0.222. The van der Waals surface area contributed by atoms with E-state index >= 15 is 0 Å². The summed E-state index contributed by atoms with van der Waals surface area (Å²) in [5.41, 5.74) is -0.119. The van der Waals surface area contributed by atoms with Gasteiger partial charge in [-0.2, -0.15) is 13.2 Å². The molecule has 0 spiro atoms. The molecule has 0 bridgehead atoms. The van der Waals surface area contributed by atoms with Crippen LogP contribution in [0.1, 0.15) is 41.4 Å². The van der Waals surface area contributed by atoms with Gasteiger partial charge in [0, 0.05) is 12.5 Å². The van der Waals surface area contributed by atoms with E-state index in [1.54, 1.807) is 6.92 Å². The van der Waals surface area contributed by atoms with Gasteiger partial charge in [0.1, 0.15) is 5.75 Å². The van der Waals surface area contributed by atoms with Gasteiger partial charge in [0.15, 0.2) is 0 Å². The first-order valence-electron chi connectivity index (χ1n) is 7.43. The number of halogens is 3. The van der Waals surface area contributed by atoms with Crippen molar-refractivity contribution >= 4 is 11.9 Å². The van der Waals surface area contributed by atoms with Crippen LogP contribution in [0.15, 0.2) is 48.5 Å². The van der Waals surface area contributed by atoms with E-state index in [1.807, 2.05) is 0 Å². The second kappa shape index (κ2) is 7.38. The summed E-state index contributed by atoms with van der Waals surface area (Å²) in [5.74, 6) is -0.621. The molecule has 0 radical (unpaired) electrons. The van der Waals surface area contributed by atoms with E-state index in [1.165, 1.54) is 43.3 Å². The van der Waals surface area contributed by atoms with Crippen LogP contribution in [0, 0.1) is 0 Å². The molecular formula is C18H16F3NO3. The summed E-state index contributed by atoms with van der Waals surface area (Å²) in [6, 6.07) is 10.1. The number of carbonyl (C=O) groups excluding carboxylic acids is 2. The molecule has 0 aromatic heterocycles. The average molecular weight is 351 g/mol. The van der Waals surface area contributed by atoms with Crippen LogP contribution in [0.25, 0.3) is 0 Å². The molecule has 1 amide bonds. The lowest BCUT2D eigenvalue weighted by atomic mass is 10.0. The number of hydrogen-bond acceptors (Lipinski definition) is 3. The van der Waals surface area contributed by atoms with E-state index in [0.29, 0.717) is 16.9 Å². The van der Waals surface area contributed by atoms with Gasteiger partial charge in [-0.05, 0) is 48.9 Å². The largest absolute Gasteiger partial charge is 0.427 e. The minimum Gasteiger partial charge on any atom is -0.427 e. The predicted octanol–water partition coefficient (Wildman–Crippen LogP) is 4.12. The third-order valence-corrected chi connectivity index (χ3v) is 3.44. The highest BCUT2D eigenvalue weighted by Gasteiger charge is 2.30. The second-order valence-corrected chi connectivity index (χ2v) is 5.44. The standard InChI is InChI=1S/C18H16F3NO3/c1-11(14-4-3-5-15(10-14)18(19,20)21)22-17(24)13-6-8-16(9-7-13)25-12(2)23/h3-11H,1-2H3,(H,22,24). The van der Waals surface area contributed by atoms with Crippen LogP contribution in [-0.4, -0.2) is 11.9 Å². The van der Waals surface area contributed by atoms with Crippen LogP contribution in [0.5, 0.6) is 5.75 Å². The summed E-state index contributed by atoms with van der Waals surface area (Å²) in [4.78, 5) is 23.1. The van der Waals surface area contributed by atoms with Crippen molar-refractivity contribution in [3.05, 3.63) is 65.2 Å². The van der Waals surface area contributed by atoms with Gasteiger partial charge >= 0.3 is 12.1 Å². The number of nitrogens with one attached hydrogen (secondary N) is 1. The van der Waals surface area contributed by atoms with Gasteiger partial charge in [-0.3, -0.25) is 9.59 Å². The Bertz CT molecular complexity index is 770. The topological polar surface area (TPSA) is 55.4 Å². The summed E-state index contributed by atoms with van der Waals surface area (Å²) in [6.45, 7) is 2.86. The molecule has 2 rings (SSSR count). The van der Waals surface area contributed by atoms with Crippen molar-refractivity contribution in [3.8, 4) is 5.75 Å². The molecule has 25 heavy (non-hydrogen) atoms. The Morgan fingerprint density at radius 1 is 1.08 bits per heavy atom.